The van der Waals surface area contributed by atoms with Crippen molar-refractivity contribution in [3.05, 3.63) is 76.8 Å². The van der Waals surface area contributed by atoms with Crippen LogP contribution in [0.15, 0.2) is 60.7 Å². The van der Waals surface area contributed by atoms with E-state index >= 15 is 0 Å². The Labute approximate surface area is 195 Å². The minimum Gasteiger partial charge on any atom is -0.369 e. The number of benzene rings is 3. The van der Waals surface area contributed by atoms with Crippen LogP contribution in [0.25, 0.3) is 10.8 Å². The minimum atomic E-state index is -4.20. The summed E-state index contributed by atoms with van der Waals surface area (Å²) in [5, 5.41) is 5.54. The van der Waals surface area contributed by atoms with E-state index in [2.05, 4.69) is 5.32 Å². The van der Waals surface area contributed by atoms with Crippen molar-refractivity contribution in [3.8, 4) is 0 Å². The summed E-state index contributed by atoms with van der Waals surface area (Å²) in [6, 6.07) is 18.9. The lowest BCUT2D eigenvalue weighted by molar-refractivity contribution is -0.146. The molecule has 0 unspecified atom stereocenters. The Morgan fingerprint density at radius 2 is 1.73 bits per heavy atom. The third-order valence-corrected chi connectivity index (χ3v) is 6.30. The zero-order chi connectivity index (χ0) is 23.6. The average molecular weight is 476 g/mol. The maximum atomic E-state index is 13.1. The van der Waals surface area contributed by atoms with Crippen LogP contribution in [0.4, 0.5) is 18.9 Å². The Balaban J connectivity index is 1.47. The van der Waals surface area contributed by atoms with Gasteiger partial charge in [-0.25, -0.2) is 0 Å². The van der Waals surface area contributed by atoms with Crippen molar-refractivity contribution in [3.63, 3.8) is 0 Å². The van der Waals surface area contributed by atoms with Gasteiger partial charge in [-0.3, -0.25) is 9.69 Å². The third-order valence-electron chi connectivity index (χ3n) is 5.97. The summed E-state index contributed by atoms with van der Waals surface area (Å²) in [4.78, 5) is 16.5. The topological polar surface area (TPSA) is 35.6 Å². The molecule has 3 aromatic rings. The summed E-state index contributed by atoms with van der Waals surface area (Å²) in [7, 11) is 0. The highest BCUT2D eigenvalue weighted by Crippen LogP contribution is 2.28. The first kappa shape index (κ1) is 23.4. The molecule has 1 heterocycles. The van der Waals surface area contributed by atoms with Crippen molar-refractivity contribution in [2.24, 2.45) is 0 Å². The number of amides is 1. The van der Waals surface area contributed by atoms with Gasteiger partial charge >= 0.3 is 6.18 Å². The average Bonchev–Trinajstić information content (AvgIpc) is 2.78. The van der Waals surface area contributed by atoms with Crippen LogP contribution in [-0.2, 0) is 0 Å². The van der Waals surface area contributed by atoms with E-state index in [-0.39, 0.29) is 11.9 Å². The molecule has 1 aliphatic rings. The molecule has 0 spiro atoms. The lowest BCUT2D eigenvalue weighted by atomic mass is 9.99. The van der Waals surface area contributed by atoms with Crippen molar-refractivity contribution in [1.82, 2.24) is 10.2 Å². The Hall–Kier alpha value is -2.77. The number of alkyl halides is 3. The van der Waals surface area contributed by atoms with E-state index in [1.54, 1.807) is 18.2 Å². The van der Waals surface area contributed by atoms with Crippen molar-refractivity contribution >= 4 is 34.0 Å². The predicted molar refractivity (Wildman–Crippen MR) is 126 cm³/mol. The summed E-state index contributed by atoms with van der Waals surface area (Å²) in [5.74, 6) is -0.294. The predicted octanol–water partition coefficient (Wildman–Crippen LogP) is 5.67. The monoisotopic (exact) mass is 475 g/mol. The van der Waals surface area contributed by atoms with E-state index in [1.807, 2.05) is 54.3 Å². The Morgan fingerprint density at radius 3 is 2.45 bits per heavy atom. The number of carbonyl (C=O) groups is 1. The minimum absolute atomic E-state index is 0.241. The van der Waals surface area contributed by atoms with Gasteiger partial charge in [-0.1, -0.05) is 54.1 Å². The number of carbonyl (C=O) groups excluding carboxylic acids is 1. The van der Waals surface area contributed by atoms with Gasteiger partial charge in [0.25, 0.3) is 5.91 Å². The van der Waals surface area contributed by atoms with Crippen molar-refractivity contribution in [1.29, 1.82) is 0 Å². The number of hydrogen-bond donors (Lipinski definition) is 1. The highest BCUT2D eigenvalue weighted by atomic mass is 35.5. The van der Waals surface area contributed by atoms with E-state index in [9.17, 15) is 18.0 Å². The van der Waals surface area contributed by atoms with Crippen LogP contribution in [0.1, 0.15) is 28.9 Å². The van der Waals surface area contributed by atoms with Crippen LogP contribution in [0.2, 0.25) is 5.02 Å². The quantitative estimate of drug-likeness (QED) is 0.516. The molecule has 1 aliphatic heterocycles. The van der Waals surface area contributed by atoms with E-state index < -0.39 is 12.7 Å². The summed E-state index contributed by atoms with van der Waals surface area (Å²) < 4.78 is 37.9. The fourth-order valence-electron chi connectivity index (χ4n) is 4.28. The van der Waals surface area contributed by atoms with Crippen LogP contribution in [0, 0.1) is 0 Å². The Kier molecular flexibility index (Phi) is 6.81. The SMILES string of the molecule is C[C@@H](NC(=O)c1cc(N2CCN(CC(F)(F)F)CC2)ccc1Cl)c1cccc2ccccc12. The molecular formula is C25H25ClF3N3O. The molecule has 1 fully saturated rings. The first-order valence-corrected chi connectivity index (χ1v) is 11.2. The zero-order valence-electron chi connectivity index (χ0n) is 18.2. The normalized spacial score (nSPS) is 16.1. The highest BCUT2D eigenvalue weighted by Gasteiger charge is 2.32. The number of nitrogens with zero attached hydrogens (tertiary/aromatic N) is 2. The van der Waals surface area contributed by atoms with Crippen LogP contribution in [0.3, 0.4) is 0 Å². The van der Waals surface area contributed by atoms with Gasteiger partial charge in [0.05, 0.1) is 23.2 Å². The zero-order valence-corrected chi connectivity index (χ0v) is 19.0. The van der Waals surface area contributed by atoms with Gasteiger partial charge < -0.3 is 10.2 Å². The molecule has 0 radical (unpaired) electrons. The molecule has 0 aliphatic carbocycles. The standard InChI is InChI=1S/C25H25ClF3N3O/c1-17(20-8-4-6-18-5-2-3-7-21(18)20)30-24(33)22-15-19(9-10-23(22)26)32-13-11-31(12-14-32)16-25(27,28)29/h2-10,15,17H,11-14,16H2,1H3,(H,30,33)/t17-/m1/s1. The third kappa shape index (κ3) is 5.60. The van der Waals surface area contributed by atoms with Gasteiger partial charge in [0, 0.05) is 31.9 Å². The van der Waals surface area contributed by atoms with E-state index in [0.717, 1.165) is 22.0 Å². The van der Waals surface area contributed by atoms with Crippen LogP contribution < -0.4 is 10.2 Å². The molecule has 33 heavy (non-hydrogen) atoms. The van der Waals surface area contributed by atoms with Gasteiger partial charge in [-0.2, -0.15) is 13.2 Å². The summed E-state index contributed by atoms with van der Waals surface area (Å²) in [6.45, 7) is 2.54. The molecule has 0 aromatic heterocycles. The largest absolute Gasteiger partial charge is 0.401 e. The van der Waals surface area contributed by atoms with Crippen LogP contribution in [-0.4, -0.2) is 49.7 Å². The fraction of sp³-hybridized carbons (Fsp3) is 0.320. The lowest BCUT2D eigenvalue weighted by Crippen LogP contribution is -2.49. The van der Waals surface area contributed by atoms with Crippen molar-refractivity contribution < 1.29 is 18.0 Å². The Morgan fingerprint density at radius 1 is 1.03 bits per heavy atom. The second-order valence-electron chi connectivity index (χ2n) is 8.31. The number of fused-ring (bicyclic) bond motifs is 1. The molecule has 8 heteroatoms. The fourth-order valence-corrected chi connectivity index (χ4v) is 4.49. The van der Waals surface area contributed by atoms with E-state index in [4.69, 9.17) is 11.6 Å². The second-order valence-corrected chi connectivity index (χ2v) is 8.71. The highest BCUT2D eigenvalue weighted by molar-refractivity contribution is 6.34. The van der Waals surface area contributed by atoms with E-state index in [1.165, 1.54) is 4.90 Å². The van der Waals surface area contributed by atoms with Gasteiger partial charge in [0.2, 0.25) is 0 Å². The molecule has 0 bridgehead atoms. The molecule has 0 saturated carbocycles. The van der Waals surface area contributed by atoms with Gasteiger partial charge in [0.1, 0.15) is 0 Å². The second kappa shape index (κ2) is 9.61. The number of anilines is 1. The molecule has 1 saturated heterocycles. The Bertz CT molecular complexity index is 1140. The van der Waals surface area contributed by atoms with Gasteiger partial charge in [-0.15, -0.1) is 0 Å². The molecular weight excluding hydrogens is 451 g/mol. The molecule has 1 amide bonds. The van der Waals surface area contributed by atoms with Crippen LogP contribution in [0.5, 0.6) is 0 Å². The maximum absolute atomic E-state index is 13.1. The van der Waals surface area contributed by atoms with E-state index in [0.29, 0.717) is 36.8 Å². The first-order chi connectivity index (χ1) is 15.7. The number of rotatable bonds is 5. The van der Waals surface area contributed by atoms with Crippen molar-refractivity contribution in [2.45, 2.75) is 19.1 Å². The lowest BCUT2D eigenvalue weighted by Gasteiger charge is -2.36. The molecule has 4 rings (SSSR count). The number of halogens is 4. The summed E-state index contributed by atoms with van der Waals surface area (Å²) >= 11 is 6.34. The van der Waals surface area contributed by atoms with Crippen molar-refractivity contribution in [2.75, 3.05) is 37.6 Å². The number of hydrogen-bond acceptors (Lipinski definition) is 3. The number of piperazine rings is 1. The smallest absolute Gasteiger partial charge is 0.369 e. The first-order valence-electron chi connectivity index (χ1n) is 10.8. The van der Waals surface area contributed by atoms with Gasteiger partial charge in [-0.05, 0) is 41.5 Å². The van der Waals surface area contributed by atoms with Crippen LogP contribution >= 0.6 is 11.6 Å². The molecule has 1 atom stereocenters. The molecule has 1 N–H and O–H groups in total. The maximum Gasteiger partial charge on any atom is 0.401 e. The molecule has 174 valence electrons. The molecule has 3 aromatic carbocycles. The van der Waals surface area contributed by atoms with Gasteiger partial charge in [0.15, 0.2) is 0 Å². The summed E-state index contributed by atoms with van der Waals surface area (Å²) in [6.07, 6.45) is -4.20. The summed E-state index contributed by atoms with van der Waals surface area (Å²) in [5.41, 5.74) is 2.13. The molecule has 4 nitrogen and oxygen atoms in total. The number of nitrogens with one attached hydrogen (secondary N) is 1.